The fraction of sp³-hybridized carbons (Fsp3) is 0.476. The Bertz CT molecular complexity index is 737. The Morgan fingerprint density at radius 1 is 1.00 bits per heavy atom. The normalized spacial score (nSPS) is 11.7. The molecule has 0 aliphatic carbocycles. The molecule has 0 N–H and O–H groups in total. The zero-order chi connectivity index (χ0) is 20.8. The number of hydrogen-bond acceptors (Lipinski definition) is 2. The molecule has 0 saturated heterocycles. The zero-order valence-corrected chi connectivity index (χ0v) is 21.2. The van der Waals surface area contributed by atoms with Crippen molar-refractivity contribution in [1.29, 1.82) is 0 Å². The molecule has 2 rings (SSSR count). The molecule has 0 unspecified atom stereocenters. The van der Waals surface area contributed by atoms with Gasteiger partial charge in [-0.2, -0.15) is 0 Å². The van der Waals surface area contributed by atoms with Crippen LogP contribution in [0, 0.1) is 16.0 Å². The van der Waals surface area contributed by atoms with Gasteiger partial charge in [-0.05, 0) is 22.6 Å². The summed E-state index contributed by atoms with van der Waals surface area (Å²) in [6.45, 7) is 10.9. The minimum absolute atomic E-state index is 0.109. The van der Waals surface area contributed by atoms with Crippen molar-refractivity contribution in [3.05, 3.63) is 75.6 Å². The summed E-state index contributed by atoms with van der Waals surface area (Å²) < 4.78 is 1.02. The fourth-order valence-corrected chi connectivity index (χ4v) is 3.31. The van der Waals surface area contributed by atoms with E-state index >= 15 is 0 Å². The standard InChI is InChI=1S/C17H19I2N2O2.C4H10/c1-16(2,15-8-10-20(3)11-9-15)14-6-4-13(5-7-14)12-17(18,19)21(22)23;1-4(2)3/h4-11H,12H2,1-3H3;4H,1-3H3/q+1;. The second kappa shape index (κ2) is 10.1. The van der Waals surface area contributed by atoms with Crippen LogP contribution < -0.4 is 4.57 Å². The molecule has 0 fully saturated rings. The van der Waals surface area contributed by atoms with E-state index in [2.05, 4.69) is 58.9 Å². The van der Waals surface area contributed by atoms with E-state index in [4.69, 9.17) is 0 Å². The molecule has 0 amide bonds. The van der Waals surface area contributed by atoms with Gasteiger partial charge in [-0.15, -0.1) is 0 Å². The minimum Gasteiger partial charge on any atom is -0.262 e. The lowest BCUT2D eigenvalue weighted by Gasteiger charge is -2.25. The van der Waals surface area contributed by atoms with Gasteiger partial charge in [0.25, 0.3) is 0 Å². The Kier molecular flexibility index (Phi) is 9.11. The summed E-state index contributed by atoms with van der Waals surface area (Å²) in [6, 6.07) is 12.4. The Balaban J connectivity index is 0.000000828. The number of hydrogen-bond donors (Lipinski definition) is 0. The lowest BCUT2D eigenvalue weighted by molar-refractivity contribution is -0.671. The molecule has 0 aliphatic heterocycles. The van der Waals surface area contributed by atoms with Crippen LogP contribution in [-0.2, 0) is 18.9 Å². The molecule has 1 aromatic heterocycles. The van der Waals surface area contributed by atoms with E-state index in [0.717, 1.165) is 11.5 Å². The smallest absolute Gasteiger partial charge is 0.262 e. The molecular formula is C21H29I2N2O2+. The van der Waals surface area contributed by atoms with Gasteiger partial charge in [-0.25, -0.2) is 4.57 Å². The van der Waals surface area contributed by atoms with Crippen LogP contribution in [-0.4, -0.2) is 6.48 Å². The van der Waals surface area contributed by atoms with E-state index in [1.807, 2.05) is 81.3 Å². The van der Waals surface area contributed by atoms with Crippen LogP contribution in [0.2, 0.25) is 0 Å². The lowest BCUT2D eigenvalue weighted by Crippen LogP contribution is -2.28. The van der Waals surface area contributed by atoms with Crippen molar-refractivity contribution in [1.82, 2.24) is 0 Å². The molecule has 1 heterocycles. The molecule has 0 bridgehead atoms. The Hall–Kier alpha value is -0.770. The quantitative estimate of drug-likeness (QED) is 0.109. The van der Waals surface area contributed by atoms with E-state index in [-0.39, 0.29) is 10.3 Å². The topological polar surface area (TPSA) is 47.0 Å². The third-order valence-electron chi connectivity index (χ3n) is 4.06. The van der Waals surface area contributed by atoms with Gasteiger partial charge in [-0.3, -0.25) is 10.1 Å². The van der Waals surface area contributed by atoms with Crippen molar-refractivity contribution in [3.63, 3.8) is 0 Å². The van der Waals surface area contributed by atoms with Crippen molar-refractivity contribution >= 4 is 45.2 Å². The highest BCUT2D eigenvalue weighted by molar-refractivity contribution is 14.2. The van der Waals surface area contributed by atoms with Crippen LogP contribution in [0.1, 0.15) is 51.3 Å². The first kappa shape index (κ1) is 24.3. The number of benzene rings is 1. The molecule has 1 aromatic carbocycles. The maximum absolute atomic E-state index is 11.1. The molecule has 0 aliphatic rings. The highest BCUT2D eigenvalue weighted by Crippen LogP contribution is 2.34. The van der Waals surface area contributed by atoms with Crippen LogP contribution in [0.5, 0.6) is 0 Å². The van der Waals surface area contributed by atoms with Crippen molar-refractivity contribution in [2.24, 2.45) is 13.0 Å². The van der Waals surface area contributed by atoms with E-state index in [0.29, 0.717) is 6.42 Å². The van der Waals surface area contributed by atoms with Gasteiger partial charge in [0.05, 0.1) is 6.42 Å². The minimum atomic E-state index is -0.999. The average molecular weight is 595 g/mol. The first-order valence-corrected chi connectivity index (χ1v) is 11.1. The summed E-state index contributed by atoms with van der Waals surface area (Å²) in [4.78, 5) is 10.8. The van der Waals surface area contributed by atoms with Crippen molar-refractivity contribution in [2.75, 3.05) is 0 Å². The van der Waals surface area contributed by atoms with Crippen LogP contribution in [0.25, 0.3) is 0 Å². The van der Waals surface area contributed by atoms with Crippen LogP contribution in [0.3, 0.4) is 0 Å². The molecule has 0 saturated carbocycles. The molecule has 27 heavy (non-hydrogen) atoms. The fourth-order valence-electron chi connectivity index (χ4n) is 2.43. The zero-order valence-electron chi connectivity index (χ0n) is 16.9. The first-order chi connectivity index (χ1) is 12.4. The summed E-state index contributed by atoms with van der Waals surface area (Å²) in [6.07, 6.45) is 4.50. The van der Waals surface area contributed by atoms with Crippen LogP contribution in [0.15, 0.2) is 48.8 Å². The largest absolute Gasteiger partial charge is 0.320 e. The van der Waals surface area contributed by atoms with E-state index < -0.39 is 1.55 Å². The Morgan fingerprint density at radius 3 is 1.81 bits per heavy atom. The molecule has 0 atom stereocenters. The summed E-state index contributed by atoms with van der Waals surface area (Å²) in [5.41, 5.74) is 3.31. The van der Waals surface area contributed by atoms with Gasteiger partial charge in [0.2, 0.25) is 0 Å². The molecule has 0 spiro atoms. The average Bonchev–Trinajstić information content (AvgIpc) is 2.54. The second-order valence-corrected chi connectivity index (χ2v) is 13.5. The summed E-state index contributed by atoms with van der Waals surface area (Å²) in [5, 5.41) is 11.1. The summed E-state index contributed by atoms with van der Waals surface area (Å²) >= 11 is 3.78. The molecule has 4 nitrogen and oxygen atoms in total. The number of nitrogens with zero attached hydrogens (tertiary/aromatic N) is 2. The van der Waals surface area contributed by atoms with E-state index in [1.165, 1.54) is 11.1 Å². The van der Waals surface area contributed by atoms with Crippen molar-refractivity contribution in [3.8, 4) is 0 Å². The molecule has 148 valence electrons. The van der Waals surface area contributed by atoms with Gasteiger partial charge in [-0.1, -0.05) is 58.9 Å². The number of nitro groups is 1. The van der Waals surface area contributed by atoms with Crippen LogP contribution >= 0.6 is 45.2 Å². The Labute approximate surface area is 190 Å². The number of rotatable bonds is 5. The molecular weight excluding hydrogens is 566 g/mol. The van der Waals surface area contributed by atoms with Crippen molar-refractivity contribution in [2.45, 2.75) is 48.0 Å². The number of alkyl halides is 2. The van der Waals surface area contributed by atoms with Gasteiger partial charge < -0.3 is 0 Å². The number of halogens is 2. The second-order valence-electron chi connectivity index (χ2n) is 7.91. The molecule has 0 radical (unpaired) electrons. The van der Waals surface area contributed by atoms with Gasteiger partial charge in [0, 0.05) is 67.7 Å². The van der Waals surface area contributed by atoms with E-state index in [1.54, 1.807) is 0 Å². The third kappa shape index (κ3) is 7.63. The molecule has 2 aromatic rings. The third-order valence-corrected chi connectivity index (χ3v) is 5.61. The van der Waals surface area contributed by atoms with Crippen LogP contribution in [0.4, 0.5) is 0 Å². The number of pyridine rings is 1. The van der Waals surface area contributed by atoms with Gasteiger partial charge >= 0.3 is 1.55 Å². The summed E-state index contributed by atoms with van der Waals surface area (Å²) in [7, 11) is 2.00. The first-order valence-electron chi connectivity index (χ1n) is 8.93. The van der Waals surface area contributed by atoms with Crippen molar-refractivity contribution < 1.29 is 9.49 Å². The highest BCUT2D eigenvalue weighted by Gasteiger charge is 2.36. The Morgan fingerprint density at radius 2 is 1.41 bits per heavy atom. The predicted octanol–water partition coefficient (Wildman–Crippen LogP) is 5.84. The lowest BCUT2D eigenvalue weighted by atomic mass is 9.78. The number of aromatic nitrogens is 1. The monoisotopic (exact) mass is 595 g/mol. The number of aryl methyl sites for hydroxylation is 1. The molecule has 6 heteroatoms. The predicted molar refractivity (Wildman–Crippen MR) is 128 cm³/mol. The van der Waals surface area contributed by atoms with Gasteiger partial charge in [0.15, 0.2) is 12.4 Å². The SMILES string of the molecule is CC(C)C.C[n+]1ccc(C(C)(C)c2ccc(CC(I)(I)[N+](=O)[O-])cc2)cc1. The maximum atomic E-state index is 11.1. The summed E-state index contributed by atoms with van der Waals surface area (Å²) in [5.74, 6) is 0.833. The maximum Gasteiger partial charge on any atom is 0.320 e. The highest BCUT2D eigenvalue weighted by atomic mass is 127. The van der Waals surface area contributed by atoms with E-state index in [9.17, 15) is 10.1 Å². The van der Waals surface area contributed by atoms with Gasteiger partial charge in [0.1, 0.15) is 7.05 Å².